The van der Waals surface area contributed by atoms with E-state index in [1.807, 2.05) is 32.2 Å². The van der Waals surface area contributed by atoms with Gasteiger partial charge in [-0.2, -0.15) is 0 Å². The van der Waals surface area contributed by atoms with Crippen LogP contribution in [0.3, 0.4) is 0 Å². The number of aryl methyl sites for hydroxylation is 2. The maximum Gasteiger partial charge on any atom is 0.251 e. The minimum atomic E-state index is -0.270. The van der Waals surface area contributed by atoms with E-state index in [0.717, 1.165) is 37.1 Å². The number of hydrogen-bond donors (Lipinski definition) is 3. The summed E-state index contributed by atoms with van der Waals surface area (Å²) in [5.74, 6) is -0.00457. The molecule has 2 amide bonds. The smallest absolute Gasteiger partial charge is 0.251 e. The van der Waals surface area contributed by atoms with Crippen LogP contribution in [0.1, 0.15) is 45.1 Å². The molecule has 0 atom stereocenters. The number of rotatable bonds is 5. The maximum atomic E-state index is 12.2. The van der Waals surface area contributed by atoms with Gasteiger partial charge in [-0.15, -0.1) is 11.3 Å². The Bertz CT molecular complexity index is 797. The molecule has 3 N–H and O–H groups in total. The lowest BCUT2D eigenvalue weighted by Crippen LogP contribution is -2.32. The first-order chi connectivity index (χ1) is 12.5. The Morgan fingerprint density at radius 2 is 2.00 bits per heavy atom. The van der Waals surface area contributed by atoms with E-state index in [1.54, 1.807) is 6.07 Å². The predicted octanol–water partition coefficient (Wildman–Crippen LogP) is 2.60. The molecular weight excluding hydrogens is 348 g/mol. The van der Waals surface area contributed by atoms with Gasteiger partial charge in [0.15, 0.2) is 5.13 Å². The molecule has 1 aromatic carbocycles. The van der Waals surface area contributed by atoms with Crippen LogP contribution in [0.2, 0.25) is 0 Å². The number of piperidine rings is 1. The van der Waals surface area contributed by atoms with Crippen LogP contribution in [0, 0.1) is 13.8 Å². The van der Waals surface area contributed by atoms with Crippen LogP contribution in [0.25, 0.3) is 0 Å². The molecule has 26 heavy (non-hydrogen) atoms. The van der Waals surface area contributed by atoms with Gasteiger partial charge in [0.2, 0.25) is 5.91 Å². The number of aromatic nitrogens is 1. The fourth-order valence-electron chi connectivity index (χ4n) is 2.95. The molecule has 1 aromatic heterocycles. The molecule has 0 saturated carbocycles. The molecule has 2 heterocycles. The topological polar surface area (TPSA) is 83.1 Å². The first kappa shape index (κ1) is 18.5. The predicted molar refractivity (Wildman–Crippen MR) is 104 cm³/mol. The summed E-state index contributed by atoms with van der Waals surface area (Å²) in [7, 11) is 0. The molecule has 0 radical (unpaired) electrons. The van der Waals surface area contributed by atoms with E-state index in [9.17, 15) is 9.59 Å². The second-order valence-electron chi connectivity index (χ2n) is 6.62. The number of carbonyl (C=O) groups is 2. The molecule has 2 aromatic rings. The van der Waals surface area contributed by atoms with E-state index in [0.29, 0.717) is 16.6 Å². The Hall–Kier alpha value is -2.25. The van der Waals surface area contributed by atoms with Gasteiger partial charge in [0.05, 0.1) is 6.54 Å². The SMILES string of the molecule is Cc1ccc(C(=O)NCC(=O)Nc2ncc(C3CCNCC3)s2)cc1C. The number of anilines is 1. The van der Waals surface area contributed by atoms with Crippen molar-refractivity contribution in [2.75, 3.05) is 25.0 Å². The zero-order valence-electron chi connectivity index (χ0n) is 15.1. The zero-order valence-corrected chi connectivity index (χ0v) is 15.9. The van der Waals surface area contributed by atoms with Gasteiger partial charge in [-0.25, -0.2) is 4.98 Å². The molecule has 0 spiro atoms. The summed E-state index contributed by atoms with van der Waals surface area (Å²) in [5, 5.41) is 9.35. The van der Waals surface area contributed by atoms with Crippen LogP contribution in [-0.2, 0) is 4.79 Å². The van der Waals surface area contributed by atoms with E-state index in [4.69, 9.17) is 0 Å². The van der Waals surface area contributed by atoms with Crippen molar-refractivity contribution >= 4 is 28.3 Å². The van der Waals surface area contributed by atoms with Crippen LogP contribution in [-0.4, -0.2) is 36.4 Å². The minimum absolute atomic E-state index is 0.0754. The van der Waals surface area contributed by atoms with Crippen LogP contribution in [0.4, 0.5) is 5.13 Å². The Balaban J connectivity index is 1.50. The standard InChI is InChI=1S/C19H24N4O2S/c1-12-3-4-15(9-13(12)2)18(25)21-11-17(24)23-19-22-10-16(26-19)14-5-7-20-8-6-14/h3-4,9-10,14,20H,5-8,11H2,1-2H3,(H,21,25)(H,22,23,24). The second kappa shape index (κ2) is 8.42. The van der Waals surface area contributed by atoms with Gasteiger partial charge in [-0.05, 0) is 69.0 Å². The van der Waals surface area contributed by atoms with E-state index in [2.05, 4.69) is 20.9 Å². The highest BCUT2D eigenvalue weighted by Gasteiger charge is 2.18. The third kappa shape index (κ3) is 4.68. The van der Waals surface area contributed by atoms with Crippen molar-refractivity contribution in [3.63, 3.8) is 0 Å². The number of nitrogens with zero attached hydrogens (tertiary/aromatic N) is 1. The first-order valence-corrected chi connectivity index (χ1v) is 9.66. The van der Waals surface area contributed by atoms with Crippen LogP contribution >= 0.6 is 11.3 Å². The zero-order chi connectivity index (χ0) is 18.5. The van der Waals surface area contributed by atoms with Crippen LogP contribution in [0.15, 0.2) is 24.4 Å². The monoisotopic (exact) mass is 372 g/mol. The third-order valence-corrected chi connectivity index (χ3v) is 5.77. The highest BCUT2D eigenvalue weighted by atomic mass is 32.1. The maximum absolute atomic E-state index is 12.2. The van der Waals surface area contributed by atoms with E-state index in [1.165, 1.54) is 16.2 Å². The number of thiazole rings is 1. The lowest BCUT2D eigenvalue weighted by atomic mass is 9.97. The highest BCUT2D eigenvalue weighted by Crippen LogP contribution is 2.31. The number of amides is 2. The average molecular weight is 372 g/mol. The fraction of sp³-hybridized carbons (Fsp3) is 0.421. The third-order valence-electron chi connectivity index (χ3n) is 4.69. The van der Waals surface area contributed by atoms with E-state index >= 15 is 0 Å². The molecule has 7 heteroatoms. The molecule has 1 fully saturated rings. The van der Waals surface area contributed by atoms with Gasteiger partial charge in [0, 0.05) is 16.6 Å². The summed E-state index contributed by atoms with van der Waals surface area (Å²) in [6.07, 6.45) is 4.05. The summed E-state index contributed by atoms with van der Waals surface area (Å²) in [6, 6.07) is 5.50. The van der Waals surface area contributed by atoms with Crippen molar-refractivity contribution in [1.29, 1.82) is 0 Å². The molecule has 6 nitrogen and oxygen atoms in total. The van der Waals surface area contributed by atoms with E-state index < -0.39 is 0 Å². The van der Waals surface area contributed by atoms with Crippen molar-refractivity contribution < 1.29 is 9.59 Å². The van der Waals surface area contributed by atoms with Gasteiger partial charge in [0.1, 0.15) is 0 Å². The summed E-state index contributed by atoms with van der Waals surface area (Å²) in [4.78, 5) is 29.8. The second-order valence-corrected chi connectivity index (χ2v) is 7.68. The fourth-order valence-corrected chi connectivity index (χ4v) is 3.95. The lowest BCUT2D eigenvalue weighted by molar-refractivity contribution is -0.115. The molecule has 0 unspecified atom stereocenters. The number of benzene rings is 1. The minimum Gasteiger partial charge on any atom is -0.343 e. The largest absolute Gasteiger partial charge is 0.343 e. The van der Waals surface area contributed by atoms with Gasteiger partial charge >= 0.3 is 0 Å². The summed E-state index contributed by atoms with van der Waals surface area (Å²) < 4.78 is 0. The Morgan fingerprint density at radius 3 is 2.73 bits per heavy atom. The number of carbonyl (C=O) groups excluding carboxylic acids is 2. The molecule has 3 rings (SSSR count). The average Bonchev–Trinajstić information content (AvgIpc) is 3.11. The van der Waals surface area contributed by atoms with Crippen LogP contribution in [0.5, 0.6) is 0 Å². The normalized spacial score (nSPS) is 14.8. The Labute approximate surface area is 157 Å². The van der Waals surface area contributed by atoms with Gasteiger partial charge in [0.25, 0.3) is 5.91 Å². The number of hydrogen-bond acceptors (Lipinski definition) is 5. The van der Waals surface area contributed by atoms with Gasteiger partial charge < -0.3 is 16.0 Å². The summed E-state index contributed by atoms with van der Waals surface area (Å²) in [6.45, 7) is 5.93. The van der Waals surface area contributed by atoms with E-state index in [-0.39, 0.29) is 18.4 Å². The van der Waals surface area contributed by atoms with Crippen molar-refractivity contribution in [3.8, 4) is 0 Å². The van der Waals surface area contributed by atoms with Gasteiger partial charge in [-0.1, -0.05) is 6.07 Å². The van der Waals surface area contributed by atoms with Crippen molar-refractivity contribution in [2.45, 2.75) is 32.6 Å². The van der Waals surface area contributed by atoms with Gasteiger partial charge in [-0.3, -0.25) is 9.59 Å². The molecule has 0 aliphatic carbocycles. The number of nitrogens with one attached hydrogen (secondary N) is 3. The molecule has 0 bridgehead atoms. The van der Waals surface area contributed by atoms with Crippen molar-refractivity contribution in [1.82, 2.24) is 15.6 Å². The molecule has 1 aliphatic rings. The van der Waals surface area contributed by atoms with Crippen LogP contribution < -0.4 is 16.0 Å². The molecule has 138 valence electrons. The first-order valence-electron chi connectivity index (χ1n) is 8.84. The van der Waals surface area contributed by atoms with Crippen molar-refractivity contribution in [2.24, 2.45) is 0 Å². The highest BCUT2D eigenvalue weighted by molar-refractivity contribution is 7.15. The Morgan fingerprint density at radius 1 is 1.23 bits per heavy atom. The molecule has 1 aliphatic heterocycles. The molecular formula is C19H24N4O2S. The quantitative estimate of drug-likeness (QED) is 0.753. The van der Waals surface area contributed by atoms with Crippen molar-refractivity contribution in [3.05, 3.63) is 46.0 Å². The molecule has 1 saturated heterocycles. The Kier molecular flexibility index (Phi) is 6.00. The summed E-state index contributed by atoms with van der Waals surface area (Å²) in [5.41, 5.74) is 2.74. The lowest BCUT2D eigenvalue weighted by Gasteiger charge is -2.20. The summed E-state index contributed by atoms with van der Waals surface area (Å²) >= 11 is 1.52.